The molecular formula is C19H30N6O. The van der Waals surface area contributed by atoms with Crippen LogP contribution in [0.1, 0.15) is 48.7 Å². The Balaban J connectivity index is 1.53. The van der Waals surface area contributed by atoms with Gasteiger partial charge in [-0.25, -0.2) is 0 Å². The van der Waals surface area contributed by atoms with E-state index in [9.17, 15) is 0 Å². The zero-order valence-corrected chi connectivity index (χ0v) is 16.1. The third-order valence-electron chi connectivity index (χ3n) is 5.58. The van der Waals surface area contributed by atoms with Gasteiger partial charge in [-0.3, -0.25) is 9.78 Å². The molecule has 142 valence electrons. The molecule has 0 saturated carbocycles. The number of morpholine rings is 1. The van der Waals surface area contributed by atoms with Gasteiger partial charge >= 0.3 is 0 Å². The number of aromatic nitrogens is 4. The molecule has 2 aromatic heterocycles. The van der Waals surface area contributed by atoms with E-state index in [1.54, 1.807) is 0 Å². The van der Waals surface area contributed by atoms with Crippen LogP contribution in [0.15, 0.2) is 6.20 Å². The van der Waals surface area contributed by atoms with Crippen LogP contribution in [-0.2, 0) is 31.2 Å². The van der Waals surface area contributed by atoms with Crippen LogP contribution < -0.4 is 10.2 Å². The van der Waals surface area contributed by atoms with Crippen molar-refractivity contribution in [1.82, 2.24) is 25.3 Å². The second kappa shape index (κ2) is 7.40. The largest absolute Gasteiger partial charge is 0.378 e. The van der Waals surface area contributed by atoms with Gasteiger partial charge in [-0.1, -0.05) is 13.8 Å². The summed E-state index contributed by atoms with van der Waals surface area (Å²) in [4.78, 5) is 2.43. The Morgan fingerprint density at radius 1 is 1.35 bits per heavy atom. The lowest BCUT2D eigenvalue weighted by molar-refractivity contribution is 0.122. The quantitative estimate of drug-likeness (QED) is 0.852. The lowest BCUT2D eigenvalue weighted by Crippen LogP contribution is -2.39. The highest BCUT2D eigenvalue weighted by atomic mass is 16.5. The molecule has 26 heavy (non-hydrogen) atoms. The molecule has 1 atom stereocenters. The Hall–Kier alpha value is -1.86. The van der Waals surface area contributed by atoms with Crippen LogP contribution in [0.5, 0.6) is 0 Å². The summed E-state index contributed by atoms with van der Waals surface area (Å²) < 4.78 is 7.60. The third-order valence-corrected chi connectivity index (χ3v) is 5.58. The molecule has 0 spiro atoms. The average Bonchev–Trinajstić information content (AvgIpc) is 3.24. The molecule has 0 bridgehead atoms. The number of fused-ring (bicyclic) bond motifs is 1. The number of nitrogens with zero attached hydrogens (tertiary/aromatic N) is 4. The molecule has 0 aromatic carbocycles. The summed E-state index contributed by atoms with van der Waals surface area (Å²) in [6.07, 6.45) is 5.26. The molecule has 1 aliphatic heterocycles. The Bertz CT molecular complexity index is 743. The highest BCUT2D eigenvalue weighted by Gasteiger charge is 2.26. The number of ether oxygens (including phenoxy) is 1. The van der Waals surface area contributed by atoms with Gasteiger partial charge in [0.25, 0.3) is 0 Å². The highest BCUT2D eigenvalue weighted by molar-refractivity contribution is 5.51. The normalized spacial score (nSPS) is 20.6. The van der Waals surface area contributed by atoms with Gasteiger partial charge in [0.1, 0.15) is 5.82 Å². The maximum atomic E-state index is 5.54. The molecule has 2 aliphatic rings. The van der Waals surface area contributed by atoms with Crippen molar-refractivity contribution in [3.8, 4) is 0 Å². The van der Waals surface area contributed by atoms with Gasteiger partial charge < -0.3 is 15.0 Å². The van der Waals surface area contributed by atoms with Crippen LogP contribution >= 0.6 is 0 Å². The van der Waals surface area contributed by atoms with Gasteiger partial charge in [0.15, 0.2) is 0 Å². The number of hydrogen-bond acceptors (Lipinski definition) is 5. The molecule has 1 aliphatic carbocycles. The van der Waals surface area contributed by atoms with E-state index in [1.807, 2.05) is 6.20 Å². The molecule has 7 heteroatoms. The van der Waals surface area contributed by atoms with Crippen molar-refractivity contribution in [1.29, 1.82) is 0 Å². The van der Waals surface area contributed by atoms with E-state index < -0.39 is 0 Å². The summed E-state index contributed by atoms with van der Waals surface area (Å²) in [5.74, 6) is 1.67. The molecule has 7 nitrogen and oxygen atoms in total. The molecule has 0 radical (unpaired) electrons. The lowest BCUT2D eigenvalue weighted by atomic mass is 9.93. The summed E-state index contributed by atoms with van der Waals surface area (Å²) in [6.45, 7) is 8.78. The fourth-order valence-corrected chi connectivity index (χ4v) is 4.22. The topological polar surface area (TPSA) is 71.0 Å². The van der Waals surface area contributed by atoms with Gasteiger partial charge in [0.2, 0.25) is 0 Å². The Morgan fingerprint density at radius 2 is 2.15 bits per heavy atom. The van der Waals surface area contributed by atoms with E-state index in [2.05, 4.69) is 46.0 Å². The van der Waals surface area contributed by atoms with E-state index in [-0.39, 0.29) is 0 Å². The van der Waals surface area contributed by atoms with Crippen molar-refractivity contribution in [2.24, 2.45) is 7.05 Å². The predicted octanol–water partition coefficient (Wildman–Crippen LogP) is 1.75. The number of anilines is 1. The summed E-state index contributed by atoms with van der Waals surface area (Å²) in [5, 5.41) is 16.0. The van der Waals surface area contributed by atoms with Crippen LogP contribution in [0, 0.1) is 0 Å². The minimum atomic E-state index is 0.416. The second-order valence-electron chi connectivity index (χ2n) is 7.76. The number of hydrogen-bond donors (Lipinski definition) is 2. The Kier molecular flexibility index (Phi) is 5.00. The summed E-state index contributed by atoms with van der Waals surface area (Å²) >= 11 is 0. The first-order valence-corrected chi connectivity index (χ1v) is 9.76. The van der Waals surface area contributed by atoms with E-state index >= 15 is 0 Å². The maximum Gasteiger partial charge on any atom is 0.131 e. The molecule has 3 heterocycles. The maximum absolute atomic E-state index is 5.54. The predicted molar refractivity (Wildman–Crippen MR) is 102 cm³/mol. The van der Waals surface area contributed by atoms with Gasteiger partial charge in [-0.15, -0.1) is 0 Å². The van der Waals surface area contributed by atoms with Crippen molar-refractivity contribution < 1.29 is 4.74 Å². The van der Waals surface area contributed by atoms with Gasteiger partial charge in [0.05, 0.1) is 25.1 Å². The number of nitrogens with one attached hydrogen (secondary N) is 2. The lowest BCUT2D eigenvalue weighted by Gasteiger charge is -2.30. The molecule has 2 N–H and O–H groups in total. The van der Waals surface area contributed by atoms with Crippen molar-refractivity contribution in [2.75, 3.05) is 31.2 Å². The van der Waals surface area contributed by atoms with Crippen LogP contribution in [0.4, 0.5) is 5.82 Å². The fraction of sp³-hybridized carbons (Fsp3) is 0.684. The number of aryl methyl sites for hydroxylation is 2. The smallest absolute Gasteiger partial charge is 0.131 e. The van der Waals surface area contributed by atoms with Crippen LogP contribution in [0.2, 0.25) is 0 Å². The summed E-state index contributed by atoms with van der Waals surface area (Å²) in [5.41, 5.74) is 5.22. The van der Waals surface area contributed by atoms with Gasteiger partial charge in [-0.05, 0) is 30.7 Å². The second-order valence-corrected chi connectivity index (χ2v) is 7.76. The first-order valence-electron chi connectivity index (χ1n) is 9.76. The van der Waals surface area contributed by atoms with Crippen molar-refractivity contribution in [3.63, 3.8) is 0 Å². The van der Waals surface area contributed by atoms with E-state index in [1.165, 1.54) is 28.3 Å². The number of rotatable bonds is 5. The third kappa shape index (κ3) is 3.38. The zero-order valence-electron chi connectivity index (χ0n) is 16.1. The number of aromatic amines is 1. The van der Waals surface area contributed by atoms with Gasteiger partial charge in [0, 0.05) is 44.0 Å². The molecule has 4 rings (SSSR count). The minimum Gasteiger partial charge on any atom is -0.378 e. The number of H-pyrrole nitrogens is 1. The first-order chi connectivity index (χ1) is 12.6. The van der Waals surface area contributed by atoms with Crippen molar-refractivity contribution >= 4 is 5.82 Å². The molecule has 0 unspecified atom stereocenters. The molecule has 0 amide bonds. The van der Waals surface area contributed by atoms with Gasteiger partial charge in [-0.2, -0.15) is 10.2 Å². The van der Waals surface area contributed by atoms with Crippen LogP contribution in [0.25, 0.3) is 0 Å². The van der Waals surface area contributed by atoms with Crippen LogP contribution in [-0.4, -0.2) is 52.3 Å². The highest BCUT2D eigenvalue weighted by Crippen LogP contribution is 2.29. The standard InChI is InChI=1S/C19H30N6O/c1-13(2)18-16(19(24(3)23-18)25-6-8-26-9-7-25)12-20-15-4-5-17-14(10-15)11-21-22-17/h11,13,15,20H,4-10,12H2,1-3H3,(H,21,22)/t15-/m0/s1. The van der Waals surface area contributed by atoms with Crippen LogP contribution in [0.3, 0.4) is 0 Å². The van der Waals surface area contributed by atoms with Crippen molar-refractivity contribution in [3.05, 3.63) is 28.7 Å². The zero-order chi connectivity index (χ0) is 18.1. The molecule has 1 fully saturated rings. The van der Waals surface area contributed by atoms with E-state index in [0.29, 0.717) is 12.0 Å². The molecular weight excluding hydrogens is 328 g/mol. The Labute approximate surface area is 155 Å². The monoisotopic (exact) mass is 358 g/mol. The molecule has 1 saturated heterocycles. The minimum absolute atomic E-state index is 0.416. The van der Waals surface area contributed by atoms with E-state index in [0.717, 1.165) is 52.1 Å². The van der Waals surface area contributed by atoms with Crippen molar-refractivity contribution in [2.45, 2.75) is 51.6 Å². The first kappa shape index (κ1) is 17.5. The SMILES string of the molecule is CC(C)c1nn(C)c(N2CCOCC2)c1CN[C@H]1CCc2[nH]ncc2C1. The average molecular weight is 358 g/mol. The summed E-state index contributed by atoms with van der Waals surface area (Å²) in [7, 11) is 2.07. The van der Waals surface area contributed by atoms with E-state index in [4.69, 9.17) is 9.84 Å². The summed E-state index contributed by atoms with van der Waals surface area (Å²) in [6, 6.07) is 0.498. The molecule has 2 aromatic rings. The Morgan fingerprint density at radius 3 is 2.92 bits per heavy atom. The fourth-order valence-electron chi connectivity index (χ4n) is 4.22.